The molecular weight excluding hydrogens is 448 g/mol. The molecule has 0 radical (unpaired) electrons. The summed E-state index contributed by atoms with van der Waals surface area (Å²) in [6.45, 7) is 1.40. The lowest BCUT2D eigenvalue weighted by Gasteiger charge is -2.35. The molecule has 1 unspecified atom stereocenters. The number of carbonyl (C=O) groups excluding carboxylic acids is 2. The Hall–Kier alpha value is -3.39. The number of carbonyl (C=O) groups is 3. The van der Waals surface area contributed by atoms with Gasteiger partial charge in [0.1, 0.15) is 6.61 Å². The lowest BCUT2D eigenvalue weighted by Crippen LogP contribution is -2.53. The van der Waals surface area contributed by atoms with Crippen molar-refractivity contribution in [1.29, 1.82) is 0 Å². The molecule has 5 rings (SSSR count). The van der Waals surface area contributed by atoms with E-state index < -0.39 is 17.5 Å². The van der Waals surface area contributed by atoms with Crippen molar-refractivity contribution >= 4 is 18.0 Å². The number of hydrogen-bond donors (Lipinski definition) is 3. The van der Waals surface area contributed by atoms with Gasteiger partial charge < -0.3 is 25.2 Å². The molecule has 3 N–H and O–H groups in total. The third kappa shape index (κ3) is 4.75. The van der Waals surface area contributed by atoms with Crippen LogP contribution in [-0.2, 0) is 19.1 Å². The third-order valence-corrected chi connectivity index (χ3v) is 7.48. The minimum Gasteiger partial charge on any atom is -0.481 e. The Morgan fingerprint density at radius 2 is 1.71 bits per heavy atom. The Balaban J connectivity index is 1.18. The van der Waals surface area contributed by atoms with E-state index in [1.54, 1.807) is 0 Å². The molecule has 2 aromatic carbocycles. The van der Waals surface area contributed by atoms with Crippen molar-refractivity contribution in [2.75, 3.05) is 32.9 Å². The molecule has 2 fully saturated rings. The molecule has 1 heterocycles. The van der Waals surface area contributed by atoms with E-state index in [2.05, 4.69) is 34.9 Å². The fraction of sp³-hybridized carbons (Fsp3) is 0.444. The normalized spacial score (nSPS) is 24.7. The number of aliphatic carboxylic acids is 1. The van der Waals surface area contributed by atoms with E-state index in [9.17, 15) is 14.4 Å². The number of amides is 2. The van der Waals surface area contributed by atoms with Crippen LogP contribution in [0.25, 0.3) is 11.1 Å². The van der Waals surface area contributed by atoms with Crippen LogP contribution >= 0.6 is 0 Å². The van der Waals surface area contributed by atoms with Gasteiger partial charge in [0, 0.05) is 25.6 Å². The predicted molar refractivity (Wildman–Crippen MR) is 128 cm³/mol. The molecule has 8 nitrogen and oxygen atoms in total. The van der Waals surface area contributed by atoms with E-state index in [4.69, 9.17) is 14.6 Å². The number of benzene rings is 2. The zero-order valence-electron chi connectivity index (χ0n) is 19.5. The Morgan fingerprint density at radius 1 is 1.03 bits per heavy atom. The Kier molecular flexibility index (Phi) is 6.47. The van der Waals surface area contributed by atoms with Gasteiger partial charge in [0.2, 0.25) is 5.91 Å². The van der Waals surface area contributed by atoms with Crippen LogP contribution in [0.5, 0.6) is 0 Å². The average Bonchev–Trinajstić information content (AvgIpc) is 3.61. The first kappa shape index (κ1) is 23.4. The van der Waals surface area contributed by atoms with Crippen molar-refractivity contribution in [3.63, 3.8) is 0 Å². The maximum absolute atomic E-state index is 13.1. The molecule has 1 saturated carbocycles. The largest absolute Gasteiger partial charge is 0.481 e. The van der Waals surface area contributed by atoms with Crippen LogP contribution in [0.15, 0.2) is 48.5 Å². The number of alkyl carbamates (subject to hydrolysis) is 1. The standard InChI is InChI=1S/C27H30N2O6/c30-24(31)22-12-17(22)13-28-25(32)27(10-5-11-34-16-27)15-29-26(33)35-14-23-20-8-3-1-6-18(20)19-7-2-4-9-21(19)23/h1-4,6-9,17,22-23H,5,10-16H2,(H,28,32)(H,29,33)(H,30,31)/t17-,22-,27?/m1/s1. The minimum atomic E-state index is -0.891. The molecule has 1 aliphatic heterocycles. The van der Waals surface area contributed by atoms with E-state index in [0.29, 0.717) is 32.4 Å². The van der Waals surface area contributed by atoms with Crippen molar-refractivity contribution in [2.45, 2.75) is 25.2 Å². The number of rotatable bonds is 8. The second kappa shape index (κ2) is 9.70. The highest BCUT2D eigenvalue weighted by atomic mass is 16.5. The van der Waals surface area contributed by atoms with Crippen LogP contribution in [0, 0.1) is 17.3 Å². The second-order valence-electron chi connectivity index (χ2n) is 9.77. The molecule has 0 bridgehead atoms. The molecule has 3 aliphatic rings. The third-order valence-electron chi connectivity index (χ3n) is 7.48. The van der Waals surface area contributed by atoms with Gasteiger partial charge in [-0.05, 0) is 47.4 Å². The molecule has 8 heteroatoms. The summed E-state index contributed by atoms with van der Waals surface area (Å²) in [7, 11) is 0. The van der Waals surface area contributed by atoms with Crippen LogP contribution in [0.2, 0.25) is 0 Å². The quantitative estimate of drug-likeness (QED) is 0.537. The monoisotopic (exact) mass is 478 g/mol. The second-order valence-corrected chi connectivity index (χ2v) is 9.77. The molecule has 2 aliphatic carbocycles. The van der Waals surface area contributed by atoms with Crippen LogP contribution in [0.4, 0.5) is 4.79 Å². The highest BCUT2D eigenvalue weighted by Crippen LogP contribution is 2.44. The van der Waals surface area contributed by atoms with Gasteiger partial charge in [-0.25, -0.2) is 4.79 Å². The first-order chi connectivity index (χ1) is 17.0. The first-order valence-corrected chi connectivity index (χ1v) is 12.2. The number of nitrogens with one attached hydrogen (secondary N) is 2. The maximum atomic E-state index is 13.1. The summed E-state index contributed by atoms with van der Waals surface area (Å²) in [5, 5.41) is 14.7. The fourth-order valence-electron chi connectivity index (χ4n) is 5.33. The molecular formula is C27H30N2O6. The lowest BCUT2D eigenvalue weighted by molar-refractivity contribution is -0.140. The van der Waals surface area contributed by atoms with Crippen molar-refractivity contribution in [3.8, 4) is 11.1 Å². The van der Waals surface area contributed by atoms with Gasteiger partial charge in [-0.3, -0.25) is 9.59 Å². The van der Waals surface area contributed by atoms with Crippen molar-refractivity contribution in [1.82, 2.24) is 10.6 Å². The summed E-state index contributed by atoms with van der Waals surface area (Å²) in [4.78, 5) is 36.8. The minimum absolute atomic E-state index is 0.0342. The van der Waals surface area contributed by atoms with Gasteiger partial charge in [-0.2, -0.15) is 0 Å². The summed E-state index contributed by atoms with van der Waals surface area (Å²) in [5.41, 5.74) is 3.70. The molecule has 2 amide bonds. The maximum Gasteiger partial charge on any atom is 0.407 e. The zero-order chi connectivity index (χ0) is 24.4. The predicted octanol–water partition coefficient (Wildman–Crippen LogP) is 3.16. The number of hydrogen-bond acceptors (Lipinski definition) is 5. The van der Waals surface area contributed by atoms with E-state index in [1.165, 1.54) is 0 Å². The van der Waals surface area contributed by atoms with Crippen molar-refractivity contribution in [2.24, 2.45) is 17.3 Å². The topological polar surface area (TPSA) is 114 Å². The molecule has 184 valence electrons. The van der Waals surface area contributed by atoms with E-state index in [-0.39, 0.29) is 43.4 Å². The van der Waals surface area contributed by atoms with Crippen molar-refractivity contribution < 1.29 is 29.0 Å². The molecule has 2 aromatic rings. The van der Waals surface area contributed by atoms with Gasteiger partial charge in [0.05, 0.1) is 17.9 Å². The van der Waals surface area contributed by atoms with Crippen LogP contribution < -0.4 is 10.6 Å². The molecule has 35 heavy (non-hydrogen) atoms. The Bertz CT molecular complexity index is 1080. The number of ether oxygens (including phenoxy) is 2. The number of carboxylic acids is 1. The van der Waals surface area contributed by atoms with Gasteiger partial charge in [-0.15, -0.1) is 0 Å². The summed E-state index contributed by atoms with van der Waals surface area (Å²) in [6.07, 6.45) is 1.30. The summed E-state index contributed by atoms with van der Waals surface area (Å²) >= 11 is 0. The van der Waals surface area contributed by atoms with Crippen LogP contribution in [-0.4, -0.2) is 56.0 Å². The summed E-state index contributed by atoms with van der Waals surface area (Å²) in [5.74, 6) is -1.49. The molecule has 3 atom stereocenters. The molecule has 0 aromatic heterocycles. The molecule has 0 spiro atoms. The van der Waals surface area contributed by atoms with Gasteiger partial charge in [0.25, 0.3) is 0 Å². The van der Waals surface area contributed by atoms with Gasteiger partial charge >= 0.3 is 12.1 Å². The SMILES string of the molecule is O=C(NCC1(C(=O)NC[C@H]2C[C@H]2C(=O)O)CCCOC1)OCC1c2ccccc2-c2ccccc21. The van der Waals surface area contributed by atoms with Crippen molar-refractivity contribution in [3.05, 3.63) is 59.7 Å². The fourth-order valence-corrected chi connectivity index (χ4v) is 5.33. The van der Waals surface area contributed by atoms with E-state index >= 15 is 0 Å². The van der Waals surface area contributed by atoms with E-state index in [1.807, 2.05) is 24.3 Å². The highest BCUT2D eigenvalue weighted by molar-refractivity contribution is 5.84. The Labute approximate surface area is 204 Å². The number of carboxylic acid groups (broad SMARTS) is 1. The highest BCUT2D eigenvalue weighted by Gasteiger charge is 2.45. The smallest absolute Gasteiger partial charge is 0.407 e. The Morgan fingerprint density at radius 3 is 2.31 bits per heavy atom. The first-order valence-electron chi connectivity index (χ1n) is 12.2. The van der Waals surface area contributed by atoms with E-state index in [0.717, 1.165) is 22.3 Å². The number of fused-ring (bicyclic) bond motifs is 3. The van der Waals surface area contributed by atoms with Crippen LogP contribution in [0.1, 0.15) is 36.3 Å². The van der Waals surface area contributed by atoms with Crippen LogP contribution in [0.3, 0.4) is 0 Å². The van der Waals surface area contributed by atoms with Gasteiger partial charge in [0.15, 0.2) is 0 Å². The lowest BCUT2D eigenvalue weighted by atomic mass is 9.81. The average molecular weight is 479 g/mol. The molecule has 1 saturated heterocycles. The summed E-state index contributed by atoms with van der Waals surface area (Å²) in [6, 6.07) is 16.3. The van der Waals surface area contributed by atoms with Gasteiger partial charge in [-0.1, -0.05) is 48.5 Å². The zero-order valence-corrected chi connectivity index (χ0v) is 19.5. The summed E-state index contributed by atoms with van der Waals surface area (Å²) < 4.78 is 11.2.